The van der Waals surface area contributed by atoms with Gasteiger partial charge in [-0.3, -0.25) is 4.79 Å². The zero-order chi connectivity index (χ0) is 12.4. The van der Waals surface area contributed by atoms with E-state index in [0.29, 0.717) is 12.5 Å². The molecular formula is C11H18N2O4. The second kappa shape index (κ2) is 5.01. The smallest absolute Gasteiger partial charge is 0.328 e. The first-order valence-electron chi connectivity index (χ1n) is 5.86. The summed E-state index contributed by atoms with van der Waals surface area (Å²) >= 11 is 0. The zero-order valence-electron chi connectivity index (χ0n) is 9.96. The number of carbonyl (C=O) groups excluding carboxylic acids is 1. The molecule has 1 N–H and O–H groups in total. The fraction of sp³-hybridized carbons (Fsp3) is 0.818. The average Bonchev–Trinajstić information content (AvgIpc) is 2.67. The fourth-order valence-corrected chi connectivity index (χ4v) is 2.49. The van der Waals surface area contributed by atoms with Crippen LogP contribution in [0.25, 0.3) is 0 Å². The van der Waals surface area contributed by atoms with Crippen molar-refractivity contribution in [3.05, 3.63) is 0 Å². The number of aliphatic carboxylic acids is 1. The lowest BCUT2D eigenvalue weighted by atomic mass is 10.1. The summed E-state index contributed by atoms with van der Waals surface area (Å²) in [7, 11) is 2.04. The van der Waals surface area contributed by atoms with Crippen molar-refractivity contribution in [2.24, 2.45) is 5.92 Å². The van der Waals surface area contributed by atoms with Crippen LogP contribution in [0.15, 0.2) is 0 Å². The number of hydrogen-bond donors (Lipinski definition) is 1. The number of likely N-dealkylation sites (tertiary alicyclic amines) is 1. The second-order valence-corrected chi connectivity index (χ2v) is 4.83. The molecule has 2 rings (SSSR count). The molecule has 0 aromatic rings. The van der Waals surface area contributed by atoms with Crippen molar-refractivity contribution in [1.29, 1.82) is 0 Å². The van der Waals surface area contributed by atoms with Crippen molar-refractivity contribution < 1.29 is 19.4 Å². The molecule has 6 nitrogen and oxygen atoms in total. The molecule has 0 aliphatic carbocycles. The third kappa shape index (κ3) is 2.76. The standard InChI is InChI=1S/C11H18N2O4/c1-12-3-2-8(4-12)5-13-9(11(15)16)6-17-7-10(13)14/h8-9H,2-7H2,1H3,(H,15,16). The molecule has 0 radical (unpaired) electrons. The molecule has 0 aromatic carbocycles. The lowest BCUT2D eigenvalue weighted by molar-refractivity contribution is -0.163. The van der Waals surface area contributed by atoms with Crippen molar-refractivity contribution in [2.45, 2.75) is 12.5 Å². The SMILES string of the molecule is CN1CCC(CN2C(=O)COCC2C(=O)O)C1. The van der Waals surface area contributed by atoms with E-state index in [2.05, 4.69) is 4.90 Å². The first kappa shape index (κ1) is 12.3. The minimum absolute atomic E-state index is 0.00629. The van der Waals surface area contributed by atoms with Crippen LogP contribution in [0.2, 0.25) is 0 Å². The number of carboxylic acid groups (broad SMARTS) is 1. The van der Waals surface area contributed by atoms with Crippen LogP contribution in [-0.4, -0.2) is 72.7 Å². The summed E-state index contributed by atoms with van der Waals surface area (Å²) in [5.41, 5.74) is 0. The van der Waals surface area contributed by atoms with Crippen LogP contribution in [0.3, 0.4) is 0 Å². The summed E-state index contributed by atoms with van der Waals surface area (Å²) in [6, 6.07) is -0.817. The molecule has 2 heterocycles. The lowest BCUT2D eigenvalue weighted by Gasteiger charge is -2.34. The van der Waals surface area contributed by atoms with E-state index in [1.165, 1.54) is 4.90 Å². The zero-order valence-corrected chi connectivity index (χ0v) is 9.96. The fourth-order valence-electron chi connectivity index (χ4n) is 2.49. The van der Waals surface area contributed by atoms with Crippen molar-refractivity contribution in [3.63, 3.8) is 0 Å². The summed E-state index contributed by atoms with van der Waals surface area (Å²) in [5.74, 6) is -0.813. The molecule has 2 aliphatic rings. The van der Waals surface area contributed by atoms with E-state index in [4.69, 9.17) is 9.84 Å². The molecule has 2 fully saturated rings. The molecule has 2 atom stereocenters. The van der Waals surface area contributed by atoms with Gasteiger partial charge in [0.05, 0.1) is 6.61 Å². The molecule has 17 heavy (non-hydrogen) atoms. The van der Waals surface area contributed by atoms with Gasteiger partial charge in [-0.1, -0.05) is 0 Å². The third-order valence-electron chi connectivity index (χ3n) is 3.43. The molecule has 0 spiro atoms. The van der Waals surface area contributed by atoms with Crippen LogP contribution in [0.4, 0.5) is 0 Å². The summed E-state index contributed by atoms with van der Waals surface area (Å²) in [6.07, 6.45) is 1.02. The Hall–Kier alpha value is -1.14. The van der Waals surface area contributed by atoms with Crippen LogP contribution in [-0.2, 0) is 14.3 Å². The second-order valence-electron chi connectivity index (χ2n) is 4.83. The Morgan fingerprint density at radius 1 is 1.59 bits per heavy atom. The normalized spacial score (nSPS) is 30.9. The van der Waals surface area contributed by atoms with Gasteiger partial charge < -0.3 is 19.6 Å². The van der Waals surface area contributed by atoms with Crippen molar-refractivity contribution in [1.82, 2.24) is 9.80 Å². The molecule has 2 saturated heterocycles. The highest BCUT2D eigenvalue weighted by atomic mass is 16.5. The van der Waals surface area contributed by atoms with Gasteiger partial charge in [0.2, 0.25) is 5.91 Å². The van der Waals surface area contributed by atoms with Gasteiger partial charge in [-0.05, 0) is 25.9 Å². The van der Waals surface area contributed by atoms with E-state index in [1.807, 2.05) is 7.05 Å². The number of carbonyl (C=O) groups is 2. The minimum atomic E-state index is -0.982. The molecule has 0 saturated carbocycles. The Kier molecular flexibility index (Phi) is 3.63. The monoisotopic (exact) mass is 242 g/mol. The van der Waals surface area contributed by atoms with Gasteiger partial charge in [0.15, 0.2) is 6.04 Å². The third-order valence-corrected chi connectivity index (χ3v) is 3.43. The summed E-state index contributed by atoms with van der Waals surface area (Å²) < 4.78 is 4.99. The Morgan fingerprint density at radius 3 is 2.94 bits per heavy atom. The van der Waals surface area contributed by atoms with Gasteiger partial charge in [-0.15, -0.1) is 0 Å². The van der Waals surface area contributed by atoms with E-state index in [1.54, 1.807) is 0 Å². The molecule has 2 aliphatic heterocycles. The van der Waals surface area contributed by atoms with Crippen LogP contribution >= 0.6 is 0 Å². The van der Waals surface area contributed by atoms with Crippen LogP contribution in [0.1, 0.15) is 6.42 Å². The number of carboxylic acids is 1. The van der Waals surface area contributed by atoms with E-state index in [9.17, 15) is 9.59 Å². The van der Waals surface area contributed by atoms with Gasteiger partial charge in [0, 0.05) is 13.1 Å². The van der Waals surface area contributed by atoms with Crippen LogP contribution in [0.5, 0.6) is 0 Å². The first-order chi connectivity index (χ1) is 8.08. The number of rotatable bonds is 3. The van der Waals surface area contributed by atoms with Gasteiger partial charge in [-0.25, -0.2) is 4.79 Å². The highest BCUT2D eigenvalue weighted by Crippen LogP contribution is 2.19. The largest absolute Gasteiger partial charge is 0.480 e. The van der Waals surface area contributed by atoms with Gasteiger partial charge in [-0.2, -0.15) is 0 Å². The maximum absolute atomic E-state index is 11.7. The topological polar surface area (TPSA) is 70.1 Å². The molecule has 0 bridgehead atoms. The molecule has 96 valence electrons. The van der Waals surface area contributed by atoms with Crippen molar-refractivity contribution in [2.75, 3.05) is 39.9 Å². The predicted octanol–water partition coefficient (Wildman–Crippen LogP) is -0.750. The Morgan fingerprint density at radius 2 is 2.35 bits per heavy atom. The van der Waals surface area contributed by atoms with E-state index >= 15 is 0 Å². The minimum Gasteiger partial charge on any atom is -0.480 e. The molecule has 2 unspecified atom stereocenters. The number of morpholine rings is 1. The predicted molar refractivity (Wildman–Crippen MR) is 59.6 cm³/mol. The maximum atomic E-state index is 11.7. The lowest BCUT2D eigenvalue weighted by Crippen LogP contribution is -2.54. The van der Waals surface area contributed by atoms with Crippen molar-refractivity contribution >= 4 is 11.9 Å². The molecular weight excluding hydrogens is 224 g/mol. The summed E-state index contributed by atoms with van der Waals surface area (Å²) in [4.78, 5) is 26.4. The van der Waals surface area contributed by atoms with Gasteiger partial charge in [0.25, 0.3) is 0 Å². The number of nitrogens with zero attached hydrogens (tertiary/aromatic N) is 2. The van der Waals surface area contributed by atoms with Gasteiger partial charge in [0.1, 0.15) is 6.61 Å². The Bertz CT molecular complexity index is 321. The number of hydrogen-bond acceptors (Lipinski definition) is 4. The number of ether oxygens (including phenoxy) is 1. The van der Waals surface area contributed by atoms with E-state index in [0.717, 1.165) is 19.5 Å². The highest BCUT2D eigenvalue weighted by molar-refractivity contribution is 5.85. The average molecular weight is 242 g/mol. The summed E-state index contributed by atoms with van der Waals surface area (Å²) in [5, 5.41) is 9.07. The first-order valence-corrected chi connectivity index (χ1v) is 5.86. The maximum Gasteiger partial charge on any atom is 0.328 e. The Labute approximate surface area is 100 Å². The van der Waals surface area contributed by atoms with E-state index in [-0.39, 0.29) is 19.1 Å². The Balaban J connectivity index is 1.99. The van der Waals surface area contributed by atoms with Gasteiger partial charge >= 0.3 is 5.97 Å². The summed E-state index contributed by atoms with van der Waals surface area (Å²) in [6.45, 7) is 2.58. The van der Waals surface area contributed by atoms with Crippen molar-refractivity contribution in [3.8, 4) is 0 Å². The molecule has 6 heteroatoms. The van der Waals surface area contributed by atoms with Crippen LogP contribution in [0, 0.1) is 5.92 Å². The highest BCUT2D eigenvalue weighted by Gasteiger charge is 2.36. The molecule has 0 aromatic heterocycles. The van der Waals surface area contributed by atoms with Crippen LogP contribution < -0.4 is 0 Å². The molecule has 1 amide bonds. The van der Waals surface area contributed by atoms with E-state index < -0.39 is 12.0 Å². The number of amides is 1. The quantitative estimate of drug-likeness (QED) is 0.705.